The Morgan fingerprint density at radius 2 is 1.31 bits per heavy atom. The first-order valence-corrected chi connectivity index (χ1v) is 12.3. The lowest BCUT2D eigenvalue weighted by Crippen LogP contribution is -2.42. The van der Waals surface area contributed by atoms with Crippen LogP contribution in [-0.2, 0) is 0 Å². The lowest BCUT2D eigenvalue weighted by Gasteiger charge is -2.37. The second kappa shape index (κ2) is 14.0. The first kappa shape index (κ1) is 24.0. The van der Waals surface area contributed by atoms with Crippen LogP contribution in [0.4, 0.5) is 0 Å². The van der Waals surface area contributed by atoms with E-state index in [4.69, 9.17) is 0 Å². The van der Waals surface area contributed by atoms with Crippen LogP contribution in [0.5, 0.6) is 0 Å². The second-order valence-electron chi connectivity index (χ2n) is 9.97. The van der Waals surface area contributed by atoms with Crippen molar-refractivity contribution in [3.63, 3.8) is 0 Å². The molecule has 156 valence electrons. The fourth-order valence-corrected chi connectivity index (χ4v) is 5.14. The van der Waals surface area contributed by atoms with Crippen LogP contribution in [0.15, 0.2) is 0 Å². The van der Waals surface area contributed by atoms with Crippen molar-refractivity contribution in [2.24, 2.45) is 5.41 Å². The molecule has 0 bridgehead atoms. The number of unbranched alkanes of at least 4 members (excludes halogenated alkanes) is 9. The van der Waals surface area contributed by atoms with Crippen molar-refractivity contribution >= 4 is 0 Å². The third kappa shape index (κ3) is 10.3. The number of hydrogen-bond acceptors (Lipinski definition) is 1. The maximum Gasteiger partial charge on any atom is 0.00980 e. The molecule has 2 atom stereocenters. The van der Waals surface area contributed by atoms with E-state index in [0.29, 0.717) is 5.41 Å². The Morgan fingerprint density at radius 3 is 1.85 bits per heavy atom. The van der Waals surface area contributed by atoms with Crippen molar-refractivity contribution in [1.29, 1.82) is 0 Å². The Labute approximate surface area is 166 Å². The zero-order chi connectivity index (χ0) is 19.3. The van der Waals surface area contributed by atoms with Crippen molar-refractivity contribution < 1.29 is 0 Å². The summed E-state index contributed by atoms with van der Waals surface area (Å²) in [6.07, 6.45) is 22.8. The third-order valence-corrected chi connectivity index (χ3v) is 6.68. The highest BCUT2D eigenvalue weighted by atomic mass is 15.2. The quantitative estimate of drug-likeness (QED) is 0.279. The summed E-state index contributed by atoms with van der Waals surface area (Å²) in [4.78, 5) is 2.93. The molecule has 1 heteroatoms. The predicted octanol–water partition coefficient (Wildman–Crippen LogP) is 8.37. The maximum atomic E-state index is 2.93. The van der Waals surface area contributed by atoms with Gasteiger partial charge in [-0.1, -0.05) is 98.3 Å². The summed E-state index contributed by atoms with van der Waals surface area (Å²) in [5, 5.41) is 0. The monoisotopic (exact) mass is 365 g/mol. The Balaban J connectivity index is 2.49. The minimum absolute atomic E-state index is 0.542. The molecule has 1 fully saturated rings. The molecule has 0 radical (unpaired) electrons. The highest BCUT2D eigenvalue weighted by Crippen LogP contribution is 2.35. The van der Waals surface area contributed by atoms with Gasteiger partial charge in [0.2, 0.25) is 0 Å². The molecule has 26 heavy (non-hydrogen) atoms. The summed E-state index contributed by atoms with van der Waals surface area (Å²) in [6, 6.07) is 1.62. The van der Waals surface area contributed by atoms with Gasteiger partial charge in [-0.3, -0.25) is 4.90 Å². The molecule has 0 aliphatic carbocycles. The van der Waals surface area contributed by atoms with Gasteiger partial charge in [0, 0.05) is 12.1 Å². The van der Waals surface area contributed by atoms with Gasteiger partial charge in [0.05, 0.1) is 0 Å². The average Bonchev–Trinajstić information content (AvgIpc) is 2.72. The van der Waals surface area contributed by atoms with Crippen molar-refractivity contribution in [1.82, 2.24) is 4.90 Å². The van der Waals surface area contributed by atoms with Crippen LogP contribution in [0.3, 0.4) is 0 Å². The first-order chi connectivity index (χ1) is 12.5. The van der Waals surface area contributed by atoms with Crippen LogP contribution in [0.2, 0.25) is 0 Å². The van der Waals surface area contributed by atoms with E-state index in [-0.39, 0.29) is 0 Å². The van der Waals surface area contributed by atoms with E-state index in [9.17, 15) is 0 Å². The zero-order valence-electron chi connectivity index (χ0n) is 19.1. The van der Waals surface area contributed by atoms with Crippen molar-refractivity contribution in [2.45, 2.75) is 149 Å². The lowest BCUT2D eigenvalue weighted by molar-refractivity contribution is 0.115. The van der Waals surface area contributed by atoms with Gasteiger partial charge in [0.25, 0.3) is 0 Å². The van der Waals surface area contributed by atoms with Gasteiger partial charge in [-0.25, -0.2) is 0 Å². The van der Waals surface area contributed by atoms with Gasteiger partial charge in [0.1, 0.15) is 0 Å². The predicted molar refractivity (Wildman–Crippen MR) is 119 cm³/mol. The van der Waals surface area contributed by atoms with Gasteiger partial charge in [-0.05, 0) is 51.0 Å². The van der Waals surface area contributed by atoms with E-state index in [1.807, 2.05) is 0 Å². The largest absolute Gasteiger partial charge is 0.298 e. The average molecular weight is 366 g/mol. The molecule has 1 rings (SSSR count). The van der Waals surface area contributed by atoms with Gasteiger partial charge >= 0.3 is 0 Å². The van der Waals surface area contributed by atoms with E-state index in [2.05, 4.69) is 39.5 Å². The summed E-state index contributed by atoms with van der Waals surface area (Å²) in [7, 11) is 0. The standard InChI is InChI=1S/C25H51N/c1-6-8-10-12-14-16-19-24(18-15-13-11-9-7-2)26-21-17-20-25(4,5)22-23(26)3/h23-24H,6-22H2,1-5H3. The molecule has 1 heterocycles. The van der Waals surface area contributed by atoms with Gasteiger partial charge in [0.15, 0.2) is 0 Å². The number of hydrogen-bond donors (Lipinski definition) is 0. The molecule has 0 spiro atoms. The Bertz CT molecular complexity index is 322. The van der Waals surface area contributed by atoms with Crippen LogP contribution in [0.1, 0.15) is 137 Å². The van der Waals surface area contributed by atoms with Crippen LogP contribution < -0.4 is 0 Å². The molecular weight excluding hydrogens is 314 g/mol. The van der Waals surface area contributed by atoms with Gasteiger partial charge in [-0.2, -0.15) is 0 Å². The van der Waals surface area contributed by atoms with Crippen molar-refractivity contribution in [2.75, 3.05) is 6.54 Å². The highest BCUT2D eigenvalue weighted by molar-refractivity contribution is 4.85. The molecule has 1 aliphatic rings. The molecular formula is C25H51N. The topological polar surface area (TPSA) is 3.24 Å². The fraction of sp³-hybridized carbons (Fsp3) is 1.00. The highest BCUT2D eigenvalue weighted by Gasteiger charge is 2.31. The van der Waals surface area contributed by atoms with E-state index >= 15 is 0 Å². The molecule has 0 saturated carbocycles. The van der Waals surface area contributed by atoms with E-state index in [0.717, 1.165) is 12.1 Å². The maximum absolute atomic E-state index is 2.93. The normalized spacial score (nSPS) is 22.3. The van der Waals surface area contributed by atoms with Crippen LogP contribution >= 0.6 is 0 Å². The smallest absolute Gasteiger partial charge is 0.00980 e. The Hall–Kier alpha value is -0.0400. The summed E-state index contributed by atoms with van der Waals surface area (Å²) in [5.41, 5.74) is 0.542. The van der Waals surface area contributed by atoms with E-state index in [1.54, 1.807) is 0 Å². The molecule has 1 aliphatic heterocycles. The molecule has 0 aromatic heterocycles. The molecule has 0 aromatic carbocycles. The summed E-state index contributed by atoms with van der Waals surface area (Å²) in [6.45, 7) is 13.5. The van der Waals surface area contributed by atoms with Crippen molar-refractivity contribution in [3.8, 4) is 0 Å². The minimum Gasteiger partial charge on any atom is -0.298 e. The van der Waals surface area contributed by atoms with E-state index in [1.165, 1.54) is 109 Å². The summed E-state index contributed by atoms with van der Waals surface area (Å²) < 4.78 is 0. The SMILES string of the molecule is CCCCCCCCC(CCCCCCC)N1CCCC(C)(C)CC1C. The summed E-state index contributed by atoms with van der Waals surface area (Å²) in [5.74, 6) is 0. The molecule has 0 N–H and O–H groups in total. The Kier molecular flexibility index (Phi) is 12.9. The molecule has 1 saturated heterocycles. The first-order valence-electron chi connectivity index (χ1n) is 12.3. The number of likely N-dealkylation sites (tertiary alicyclic amines) is 1. The lowest BCUT2D eigenvalue weighted by atomic mass is 9.83. The van der Waals surface area contributed by atoms with E-state index < -0.39 is 0 Å². The molecule has 0 amide bonds. The molecule has 1 nitrogen and oxygen atoms in total. The Morgan fingerprint density at radius 1 is 0.808 bits per heavy atom. The minimum atomic E-state index is 0.542. The van der Waals surface area contributed by atoms with Gasteiger partial charge in [-0.15, -0.1) is 0 Å². The van der Waals surface area contributed by atoms with Crippen LogP contribution in [0, 0.1) is 5.41 Å². The summed E-state index contributed by atoms with van der Waals surface area (Å²) >= 11 is 0. The third-order valence-electron chi connectivity index (χ3n) is 6.68. The zero-order valence-corrected chi connectivity index (χ0v) is 19.1. The number of nitrogens with zero attached hydrogens (tertiary/aromatic N) is 1. The van der Waals surface area contributed by atoms with Crippen LogP contribution in [0.25, 0.3) is 0 Å². The van der Waals surface area contributed by atoms with Crippen LogP contribution in [-0.4, -0.2) is 23.5 Å². The molecule has 2 unspecified atom stereocenters. The van der Waals surface area contributed by atoms with Gasteiger partial charge < -0.3 is 0 Å². The van der Waals surface area contributed by atoms with Crippen molar-refractivity contribution in [3.05, 3.63) is 0 Å². The number of rotatable bonds is 14. The molecule has 0 aromatic rings. The fourth-order valence-electron chi connectivity index (χ4n) is 5.14. The second-order valence-corrected chi connectivity index (χ2v) is 9.97.